The Morgan fingerprint density at radius 2 is 1.94 bits per heavy atom. The van der Waals surface area contributed by atoms with Crippen LogP contribution in [0.15, 0.2) is 34.7 Å². The molecule has 0 fully saturated rings. The Labute approximate surface area is 208 Å². The SMILES string of the molecule is COC(C)C(=O)NC1CCc2cc(C3=NSC(c4cc(Cl)c(F)c(Cl)c4)(C(F)(F)F)C3)ccc21. The number of halogens is 6. The summed E-state index contributed by atoms with van der Waals surface area (Å²) in [5.74, 6) is -1.19. The highest BCUT2D eigenvalue weighted by atomic mass is 35.5. The zero-order chi connectivity index (χ0) is 24.8. The Bertz CT molecular complexity index is 1150. The molecule has 11 heteroatoms. The lowest BCUT2D eigenvalue weighted by Gasteiger charge is -2.30. The molecular formula is C23H20Cl2F4N2O2S. The van der Waals surface area contributed by atoms with Crippen molar-refractivity contribution in [2.24, 2.45) is 4.40 Å². The normalized spacial score (nSPS) is 22.9. The lowest BCUT2D eigenvalue weighted by Crippen LogP contribution is -2.38. The van der Waals surface area contributed by atoms with E-state index in [1.807, 2.05) is 12.1 Å². The van der Waals surface area contributed by atoms with Crippen molar-refractivity contribution < 1.29 is 27.1 Å². The van der Waals surface area contributed by atoms with E-state index in [9.17, 15) is 22.4 Å². The third-order valence-electron chi connectivity index (χ3n) is 6.23. The summed E-state index contributed by atoms with van der Waals surface area (Å²) in [5.41, 5.74) is 2.44. The number of hydrogen-bond donors (Lipinski definition) is 1. The summed E-state index contributed by atoms with van der Waals surface area (Å²) in [4.78, 5) is 12.2. The molecule has 0 spiro atoms. The van der Waals surface area contributed by atoms with Crippen molar-refractivity contribution in [3.8, 4) is 0 Å². The highest BCUT2D eigenvalue weighted by molar-refractivity contribution is 7.99. The fraction of sp³-hybridized carbons (Fsp3) is 0.391. The number of rotatable bonds is 5. The minimum Gasteiger partial charge on any atom is -0.372 e. The third-order valence-corrected chi connectivity index (χ3v) is 8.01. The lowest BCUT2D eigenvalue weighted by atomic mass is 9.89. The van der Waals surface area contributed by atoms with Crippen molar-refractivity contribution in [3.05, 3.63) is 68.4 Å². The number of carbonyl (C=O) groups is 1. The minimum absolute atomic E-state index is 0.188. The van der Waals surface area contributed by atoms with Crippen molar-refractivity contribution >= 4 is 46.8 Å². The maximum atomic E-state index is 14.3. The van der Waals surface area contributed by atoms with Gasteiger partial charge in [-0.3, -0.25) is 4.79 Å². The number of fused-ring (bicyclic) bond motifs is 1. The van der Waals surface area contributed by atoms with Gasteiger partial charge in [-0.1, -0.05) is 35.3 Å². The Kier molecular flexibility index (Phi) is 6.94. The van der Waals surface area contributed by atoms with Gasteiger partial charge in [0, 0.05) is 13.5 Å². The summed E-state index contributed by atoms with van der Waals surface area (Å²) >= 11 is 12.0. The van der Waals surface area contributed by atoms with Crippen molar-refractivity contribution in [3.63, 3.8) is 0 Å². The Balaban J connectivity index is 1.61. The van der Waals surface area contributed by atoms with Crippen LogP contribution in [0.25, 0.3) is 0 Å². The number of ether oxygens (including phenoxy) is 1. The molecule has 34 heavy (non-hydrogen) atoms. The Morgan fingerprint density at radius 1 is 1.26 bits per heavy atom. The third kappa shape index (κ3) is 4.43. The van der Waals surface area contributed by atoms with Crippen molar-refractivity contribution in [1.29, 1.82) is 0 Å². The molecule has 4 rings (SSSR count). The highest BCUT2D eigenvalue weighted by Gasteiger charge is 2.60. The van der Waals surface area contributed by atoms with Gasteiger partial charge in [-0.2, -0.15) is 13.2 Å². The fourth-order valence-electron chi connectivity index (χ4n) is 4.19. The number of benzene rings is 2. The number of methoxy groups -OCH3 is 1. The lowest BCUT2D eigenvalue weighted by molar-refractivity contribution is -0.159. The highest BCUT2D eigenvalue weighted by Crippen LogP contribution is 2.57. The summed E-state index contributed by atoms with van der Waals surface area (Å²) in [5, 5.41) is 1.99. The molecule has 0 saturated heterocycles. The molecule has 3 unspecified atom stereocenters. The van der Waals surface area contributed by atoms with Crippen LogP contribution < -0.4 is 5.32 Å². The maximum absolute atomic E-state index is 14.3. The molecule has 2 aliphatic rings. The molecule has 182 valence electrons. The molecule has 1 N–H and O–H groups in total. The van der Waals surface area contributed by atoms with Gasteiger partial charge >= 0.3 is 6.18 Å². The molecule has 1 amide bonds. The van der Waals surface area contributed by atoms with Gasteiger partial charge in [-0.25, -0.2) is 8.79 Å². The van der Waals surface area contributed by atoms with Crippen LogP contribution in [0.4, 0.5) is 17.6 Å². The van der Waals surface area contributed by atoms with E-state index >= 15 is 0 Å². The van der Waals surface area contributed by atoms with Crippen LogP contribution in [0.2, 0.25) is 10.0 Å². The molecule has 1 heterocycles. The first kappa shape index (κ1) is 25.3. The van der Waals surface area contributed by atoms with E-state index in [1.165, 1.54) is 7.11 Å². The van der Waals surface area contributed by atoms with Gasteiger partial charge in [-0.05, 0) is 72.2 Å². The molecule has 0 saturated carbocycles. The van der Waals surface area contributed by atoms with Crippen molar-refractivity contribution in [2.45, 2.75) is 49.3 Å². The van der Waals surface area contributed by atoms with Crippen molar-refractivity contribution in [1.82, 2.24) is 5.32 Å². The van der Waals surface area contributed by atoms with E-state index < -0.39 is 39.3 Å². The molecular weight excluding hydrogens is 515 g/mol. The van der Waals surface area contributed by atoms with Gasteiger partial charge < -0.3 is 10.1 Å². The van der Waals surface area contributed by atoms with E-state index in [-0.39, 0.29) is 23.2 Å². The predicted molar refractivity (Wildman–Crippen MR) is 125 cm³/mol. The monoisotopic (exact) mass is 534 g/mol. The Morgan fingerprint density at radius 3 is 2.56 bits per heavy atom. The quantitative estimate of drug-likeness (QED) is 0.268. The zero-order valence-electron chi connectivity index (χ0n) is 18.1. The van der Waals surface area contributed by atoms with Crippen LogP contribution in [0.5, 0.6) is 0 Å². The topological polar surface area (TPSA) is 50.7 Å². The zero-order valence-corrected chi connectivity index (χ0v) is 20.4. The molecule has 1 aliphatic heterocycles. The molecule has 1 aliphatic carbocycles. The maximum Gasteiger partial charge on any atom is 0.409 e. The van der Waals surface area contributed by atoms with Crippen LogP contribution in [0.1, 0.15) is 48.1 Å². The molecule has 0 bridgehead atoms. The second kappa shape index (κ2) is 9.33. The van der Waals surface area contributed by atoms with Gasteiger partial charge in [0.1, 0.15) is 6.10 Å². The van der Waals surface area contributed by atoms with Gasteiger partial charge in [0.05, 0.1) is 21.8 Å². The second-order valence-electron chi connectivity index (χ2n) is 8.28. The summed E-state index contributed by atoms with van der Waals surface area (Å²) < 4.78 is 63.6. The van der Waals surface area contributed by atoms with E-state index in [4.69, 9.17) is 27.9 Å². The number of aryl methyl sites for hydroxylation is 1. The molecule has 0 radical (unpaired) electrons. The standard InChI is InChI=1S/C23H20Cl2F4N2O2S/c1-11(33-2)21(32)30-18-6-4-12-7-13(3-5-15(12)18)19-10-22(34-31-19,23(27,28)29)14-8-16(24)20(26)17(25)9-14/h3,5,7-9,11,18H,4,6,10H2,1-2H3,(H,30,32). The minimum atomic E-state index is -4.70. The van der Waals surface area contributed by atoms with Gasteiger partial charge in [0.2, 0.25) is 5.91 Å². The molecule has 2 aromatic rings. The summed E-state index contributed by atoms with van der Waals surface area (Å²) in [6.07, 6.45) is -4.39. The number of hydrogen-bond acceptors (Lipinski definition) is 4. The van der Waals surface area contributed by atoms with Gasteiger partial charge in [0.25, 0.3) is 0 Å². The van der Waals surface area contributed by atoms with E-state index in [2.05, 4.69) is 9.71 Å². The van der Waals surface area contributed by atoms with Gasteiger partial charge in [-0.15, -0.1) is 0 Å². The number of nitrogens with one attached hydrogen (secondary N) is 1. The summed E-state index contributed by atoms with van der Waals surface area (Å²) in [6, 6.07) is 7.06. The smallest absolute Gasteiger partial charge is 0.372 e. The van der Waals surface area contributed by atoms with E-state index in [0.29, 0.717) is 30.4 Å². The first-order valence-corrected chi connectivity index (χ1v) is 11.9. The average Bonchev–Trinajstić information content (AvgIpc) is 3.41. The molecule has 3 atom stereocenters. The van der Waals surface area contributed by atoms with E-state index in [0.717, 1.165) is 23.3 Å². The number of carbonyl (C=O) groups excluding carboxylic acids is 1. The largest absolute Gasteiger partial charge is 0.409 e. The number of alkyl halides is 3. The van der Waals surface area contributed by atoms with Crippen LogP contribution in [-0.2, 0) is 20.7 Å². The average molecular weight is 535 g/mol. The molecule has 0 aromatic heterocycles. The fourth-order valence-corrected chi connectivity index (χ4v) is 5.64. The summed E-state index contributed by atoms with van der Waals surface area (Å²) in [7, 11) is 1.45. The molecule has 2 aromatic carbocycles. The van der Waals surface area contributed by atoms with Crippen LogP contribution in [0, 0.1) is 5.82 Å². The number of nitrogens with zero attached hydrogens (tertiary/aromatic N) is 1. The second-order valence-corrected chi connectivity index (χ2v) is 10.2. The predicted octanol–water partition coefficient (Wildman–Crippen LogP) is 6.57. The van der Waals surface area contributed by atoms with Gasteiger partial charge in [0.15, 0.2) is 10.6 Å². The number of amides is 1. The van der Waals surface area contributed by atoms with Crippen molar-refractivity contribution in [2.75, 3.05) is 7.11 Å². The van der Waals surface area contributed by atoms with Crippen LogP contribution in [-0.4, -0.2) is 31.0 Å². The molecule has 4 nitrogen and oxygen atoms in total. The summed E-state index contributed by atoms with van der Waals surface area (Å²) in [6.45, 7) is 1.65. The first-order valence-electron chi connectivity index (χ1n) is 10.4. The first-order chi connectivity index (χ1) is 16.0. The van der Waals surface area contributed by atoms with Crippen LogP contribution >= 0.6 is 35.1 Å². The Hall–Kier alpha value is -1.81. The van der Waals surface area contributed by atoms with E-state index in [1.54, 1.807) is 13.0 Å². The van der Waals surface area contributed by atoms with Crippen LogP contribution in [0.3, 0.4) is 0 Å².